The van der Waals surface area contributed by atoms with Crippen LogP contribution < -0.4 is 10.2 Å². The number of hydrogen-bond donors (Lipinski definition) is 1. The number of nitrogens with one attached hydrogen (secondary N) is 1. The van der Waals surface area contributed by atoms with Crippen LogP contribution in [0.1, 0.15) is 17.0 Å². The lowest BCUT2D eigenvalue weighted by Gasteiger charge is -2.28. The van der Waals surface area contributed by atoms with Crippen LogP contribution in [-0.4, -0.2) is 46.2 Å². The number of likely N-dealkylation sites (tertiary alicyclic amines) is 1. The van der Waals surface area contributed by atoms with Gasteiger partial charge in [0, 0.05) is 43.2 Å². The Morgan fingerprint density at radius 1 is 1.09 bits per heavy atom. The van der Waals surface area contributed by atoms with E-state index in [0.717, 1.165) is 28.6 Å². The van der Waals surface area contributed by atoms with Crippen molar-refractivity contribution in [2.75, 3.05) is 25.0 Å². The van der Waals surface area contributed by atoms with Gasteiger partial charge in [0.25, 0.3) is 5.91 Å². The Balaban J connectivity index is 1.56. The molecule has 1 spiro atoms. The van der Waals surface area contributed by atoms with Crippen molar-refractivity contribution in [1.29, 1.82) is 0 Å². The Labute approximate surface area is 188 Å². The molecule has 2 aromatic carbocycles. The summed E-state index contributed by atoms with van der Waals surface area (Å²) in [6.45, 7) is 1.09. The molecule has 2 atom stereocenters. The van der Waals surface area contributed by atoms with Crippen LogP contribution in [0.25, 0.3) is 10.9 Å². The second kappa shape index (κ2) is 7.05. The number of alkyl halides is 3. The van der Waals surface area contributed by atoms with Crippen molar-refractivity contribution < 1.29 is 18.0 Å². The Kier molecular flexibility index (Phi) is 4.62. The number of benzene rings is 2. The van der Waals surface area contributed by atoms with Gasteiger partial charge in [-0.25, -0.2) is 0 Å². The van der Waals surface area contributed by atoms with E-state index in [2.05, 4.69) is 16.4 Å². The normalized spacial score (nSPS) is 24.2. The summed E-state index contributed by atoms with van der Waals surface area (Å²) in [5, 5.41) is 4.54. The number of rotatable bonds is 2. The average Bonchev–Trinajstić information content (AvgIpc) is 3.33. The fourth-order valence-electron chi connectivity index (χ4n) is 5.05. The van der Waals surface area contributed by atoms with Crippen molar-refractivity contribution in [2.24, 2.45) is 7.05 Å². The molecule has 2 saturated heterocycles. The highest BCUT2D eigenvalue weighted by Crippen LogP contribution is 2.43. The summed E-state index contributed by atoms with van der Waals surface area (Å²) in [5.41, 5.74) is 0.683. The van der Waals surface area contributed by atoms with Crippen LogP contribution in [-0.2, 0) is 18.0 Å². The molecular formula is C23H21F3N4OS. The van der Waals surface area contributed by atoms with Gasteiger partial charge in [0.1, 0.15) is 5.54 Å². The molecule has 2 aliphatic rings. The smallest absolute Gasteiger partial charge is 0.350 e. The summed E-state index contributed by atoms with van der Waals surface area (Å²) in [6.07, 6.45) is -2.39. The average molecular weight is 459 g/mol. The van der Waals surface area contributed by atoms with E-state index in [4.69, 9.17) is 12.2 Å². The first kappa shape index (κ1) is 21.0. The van der Waals surface area contributed by atoms with Crippen LogP contribution >= 0.6 is 12.2 Å². The maximum Gasteiger partial charge on any atom is 0.416 e. The molecule has 0 saturated carbocycles. The maximum absolute atomic E-state index is 13.8. The van der Waals surface area contributed by atoms with E-state index in [0.29, 0.717) is 18.8 Å². The third-order valence-electron chi connectivity index (χ3n) is 6.48. The molecule has 9 heteroatoms. The number of nitrogens with zero attached hydrogens (tertiary/aromatic N) is 3. The van der Waals surface area contributed by atoms with Crippen molar-refractivity contribution in [2.45, 2.75) is 17.6 Å². The Morgan fingerprint density at radius 2 is 1.78 bits per heavy atom. The van der Waals surface area contributed by atoms with Gasteiger partial charge in [-0.3, -0.25) is 9.69 Å². The van der Waals surface area contributed by atoms with Crippen LogP contribution in [0.3, 0.4) is 0 Å². The highest BCUT2D eigenvalue weighted by atomic mass is 32.1. The standard InChI is InChI=1S/C23H21F3N4OS/c1-28-12-18(17-11-29(2)19-6-4-3-5-16(17)19)22(13-28)20(31)30(21(32)27-22)15-9-7-14(8-10-15)23(24,25)26/h3-11,18H,12-13H2,1-2H3,(H,27,32)/t18-,22-/m0/s1. The van der Waals surface area contributed by atoms with E-state index >= 15 is 0 Å². The molecule has 2 aliphatic heterocycles. The SMILES string of the molecule is CN1C[C@@H](c2cn(C)c3ccccc23)[C@]2(C1)NC(=S)N(c1ccc(C(F)(F)F)cc1)C2=O. The van der Waals surface area contributed by atoms with Gasteiger partial charge in [0.05, 0.1) is 11.3 Å². The Hall–Kier alpha value is -2.91. The van der Waals surface area contributed by atoms with Gasteiger partial charge >= 0.3 is 6.18 Å². The molecule has 0 bridgehead atoms. The van der Waals surface area contributed by atoms with Crippen LogP contribution in [0.4, 0.5) is 18.9 Å². The molecule has 0 radical (unpaired) electrons. The number of thiocarbonyl (C=S) groups is 1. The van der Waals surface area contributed by atoms with Gasteiger partial charge in [-0.2, -0.15) is 13.2 Å². The van der Waals surface area contributed by atoms with Crippen LogP contribution in [0.5, 0.6) is 0 Å². The number of aromatic nitrogens is 1. The molecule has 166 valence electrons. The summed E-state index contributed by atoms with van der Waals surface area (Å²) in [4.78, 5) is 17.2. The molecular weight excluding hydrogens is 437 g/mol. The zero-order valence-corrected chi connectivity index (χ0v) is 18.3. The first-order valence-electron chi connectivity index (χ1n) is 10.2. The second-order valence-corrected chi connectivity index (χ2v) is 8.94. The lowest BCUT2D eigenvalue weighted by molar-refractivity contribution is -0.137. The van der Waals surface area contributed by atoms with Gasteiger partial charge in [-0.05, 0) is 55.2 Å². The van der Waals surface area contributed by atoms with Crippen LogP contribution in [0.15, 0.2) is 54.7 Å². The first-order chi connectivity index (χ1) is 15.1. The van der Waals surface area contributed by atoms with E-state index in [1.165, 1.54) is 17.0 Å². The number of likely N-dealkylation sites (N-methyl/N-ethyl adjacent to an activating group) is 1. The van der Waals surface area contributed by atoms with Gasteiger partial charge in [0.2, 0.25) is 0 Å². The number of para-hydroxylation sites is 1. The number of amides is 1. The Bertz CT molecular complexity index is 1240. The molecule has 3 heterocycles. The number of hydrogen-bond acceptors (Lipinski definition) is 3. The third-order valence-corrected chi connectivity index (χ3v) is 6.77. The van der Waals surface area contributed by atoms with Crippen LogP contribution in [0, 0.1) is 0 Å². The van der Waals surface area contributed by atoms with Crippen molar-refractivity contribution in [3.05, 3.63) is 65.9 Å². The number of aryl methyl sites for hydroxylation is 1. The quantitative estimate of drug-likeness (QED) is 0.592. The number of fused-ring (bicyclic) bond motifs is 1. The molecule has 0 aliphatic carbocycles. The van der Waals surface area contributed by atoms with E-state index in [9.17, 15) is 18.0 Å². The minimum Gasteiger partial charge on any atom is -0.350 e. The summed E-state index contributed by atoms with van der Waals surface area (Å²) in [6, 6.07) is 12.6. The summed E-state index contributed by atoms with van der Waals surface area (Å²) in [5.74, 6) is -0.423. The van der Waals surface area contributed by atoms with E-state index in [-0.39, 0.29) is 16.9 Å². The van der Waals surface area contributed by atoms with Crippen molar-refractivity contribution in [3.63, 3.8) is 0 Å². The molecule has 0 unspecified atom stereocenters. The summed E-state index contributed by atoms with van der Waals surface area (Å²) < 4.78 is 41.0. The molecule has 32 heavy (non-hydrogen) atoms. The van der Waals surface area contributed by atoms with E-state index < -0.39 is 17.3 Å². The molecule has 2 fully saturated rings. The fraction of sp³-hybridized carbons (Fsp3) is 0.304. The molecule has 5 nitrogen and oxygen atoms in total. The lowest BCUT2D eigenvalue weighted by Crippen LogP contribution is -2.52. The van der Waals surface area contributed by atoms with Gasteiger partial charge in [-0.15, -0.1) is 0 Å². The highest BCUT2D eigenvalue weighted by molar-refractivity contribution is 7.80. The molecule has 1 aromatic heterocycles. The van der Waals surface area contributed by atoms with Gasteiger partial charge in [0.15, 0.2) is 5.11 Å². The fourth-order valence-corrected chi connectivity index (χ4v) is 5.42. The van der Waals surface area contributed by atoms with Crippen molar-refractivity contribution >= 4 is 39.8 Å². The van der Waals surface area contributed by atoms with E-state index in [1.807, 2.05) is 42.9 Å². The van der Waals surface area contributed by atoms with E-state index in [1.54, 1.807) is 0 Å². The molecule has 5 rings (SSSR count). The predicted molar refractivity (Wildman–Crippen MR) is 121 cm³/mol. The first-order valence-corrected chi connectivity index (χ1v) is 10.6. The number of anilines is 1. The summed E-state index contributed by atoms with van der Waals surface area (Å²) in [7, 11) is 3.92. The largest absolute Gasteiger partial charge is 0.416 e. The molecule has 1 N–H and O–H groups in total. The Morgan fingerprint density at radius 3 is 2.47 bits per heavy atom. The second-order valence-electron chi connectivity index (χ2n) is 8.55. The number of halogens is 3. The maximum atomic E-state index is 13.8. The van der Waals surface area contributed by atoms with Crippen LogP contribution in [0.2, 0.25) is 0 Å². The van der Waals surface area contributed by atoms with Crippen molar-refractivity contribution in [3.8, 4) is 0 Å². The third kappa shape index (κ3) is 3.02. The minimum atomic E-state index is -4.44. The molecule has 3 aromatic rings. The lowest BCUT2D eigenvalue weighted by atomic mass is 9.81. The number of carbonyl (C=O) groups excluding carboxylic acids is 1. The topological polar surface area (TPSA) is 40.5 Å². The highest BCUT2D eigenvalue weighted by Gasteiger charge is 2.59. The zero-order valence-electron chi connectivity index (χ0n) is 17.5. The summed E-state index contributed by atoms with van der Waals surface area (Å²) >= 11 is 5.51. The molecule has 1 amide bonds. The van der Waals surface area contributed by atoms with Gasteiger partial charge in [-0.1, -0.05) is 18.2 Å². The minimum absolute atomic E-state index is 0.177. The monoisotopic (exact) mass is 458 g/mol. The predicted octanol–water partition coefficient (Wildman–Crippen LogP) is 3.89. The van der Waals surface area contributed by atoms with Crippen molar-refractivity contribution in [1.82, 2.24) is 14.8 Å². The zero-order chi connectivity index (χ0) is 22.8. The number of carbonyl (C=O) groups is 1. The van der Waals surface area contributed by atoms with Gasteiger partial charge < -0.3 is 14.8 Å².